The number of rotatable bonds is 2. The van der Waals surface area contributed by atoms with Gasteiger partial charge in [0, 0.05) is 24.1 Å². The lowest BCUT2D eigenvalue weighted by Gasteiger charge is -2.31. The summed E-state index contributed by atoms with van der Waals surface area (Å²) in [5, 5.41) is 0. The van der Waals surface area contributed by atoms with E-state index in [2.05, 4.69) is 23.9 Å². The van der Waals surface area contributed by atoms with E-state index in [1.54, 1.807) is 12.3 Å². The average molecular weight is 222 g/mol. The summed E-state index contributed by atoms with van der Waals surface area (Å²) in [5.41, 5.74) is 1.58. The van der Waals surface area contributed by atoms with Crippen molar-refractivity contribution in [2.45, 2.75) is 11.8 Å². The fraction of sp³-hybridized carbons (Fsp3) is 0.455. The zero-order valence-corrected chi connectivity index (χ0v) is 9.75. The second-order valence-corrected chi connectivity index (χ2v) is 5.30. The van der Waals surface area contributed by atoms with Gasteiger partial charge < -0.3 is 0 Å². The summed E-state index contributed by atoms with van der Waals surface area (Å²) in [4.78, 5) is 17.4. The third-order valence-electron chi connectivity index (χ3n) is 2.94. The van der Waals surface area contributed by atoms with Crippen molar-refractivity contribution in [3.63, 3.8) is 0 Å². The Hall–Kier alpha value is -0.870. The number of carbonyl (C=O) groups is 1. The molecule has 80 valence electrons. The molecule has 4 heteroatoms. The van der Waals surface area contributed by atoms with Crippen molar-refractivity contribution in [1.29, 1.82) is 0 Å². The monoisotopic (exact) mass is 222 g/mol. The highest BCUT2D eigenvalue weighted by molar-refractivity contribution is 8.00. The molecule has 3 nitrogen and oxygen atoms in total. The first-order valence-electron chi connectivity index (χ1n) is 4.94. The van der Waals surface area contributed by atoms with Crippen molar-refractivity contribution in [2.75, 3.05) is 19.3 Å². The molecule has 0 saturated carbocycles. The molecule has 0 radical (unpaired) electrons. The molecule has 1 aromatic rings. The minimum Gasteiger partial charge on any atom is -0.298 e. The lowest BCUT2D eigenvalue weighted by atomic mass is 10.1. The van der Waals surface area contributed by atoms with Crippen LogP contribution in [0.5, 0.6) is 0 Å². The number of aldehydes is 1. The molecular formula is C11H14N2OS. The van der Waals surface area contributed by atoms with Gasteiger partial charge in [-0.15, -0.1) is 11.8 Å². The zero-order valence-electron chi connectivity index (χ0n) is 8.93. The topological polar surface area (TPSA) is 33.2 Å². The maximum atomic E-state index is 11.0. The van der Waals surface area contributed by atoms with Gasteiger partial charge in [0.25, 0.3) is 0 Å². The molecule has 15 heavy (non-hydrogen) atoms. The van der Waals surface area contributed by atoms with Gasteiger partial charge in [-0.25, -0.2) is 0 Å². The first kappa shape index (κ1) is 10.6. The van der Waals surface area contributed by atoms with E-state index in [1.165, 1.54) is 0 Å². The average Bonchev–Trinajstić information content (AvgIpc) is 2.60. The summed E-state index contributed by atoms with van der Waals surface area (Å²) in [6.07, 6.45) is 2.64. The van der Waals surface area contributed by atoms with Gasteiger partial charge in [-0.3, -0.25) is 14.7 Å². The number of pyridine rings is 1. The van der Waals surface area contributed by atoms with Crippen LogP contribution in [0.15, 0.2) is 18.3 Å². The van der Waals surface area contributed by atoms with Gasteiger partial charge in [-0.1, -0.05) is 0 Å². The standard InChI is InChI=1S/C11H14N2OS/c1-11(13(2)6-7-15-11)10-9(8-14)4-3-5-12-10/h3-5,8H,6-7H2,1-2H3. The highest BCUT2D eigenvalue weighted by Crippen LogP contribution is 2.43. The summed E-state index contributed by atoms with van der Waals surface area (Å²) in [5.74, 6) is 1.09. The summed E-state index contributed by atoms with van der Waals surface area (Å²) >= 11 is 1.84. The number of thioether (sulfide) groups is 1. The van der Waals surface area contributed by atoms with Gasteiger partial charge >= 0.3 is 0 Å². The maximum absolute atomic E-state index is 11.0. The van der Waals surface area contributed by atoms with E-state index in [-0.39, 0.29) is 4.87 Å². The highest BCUT2D eigenvalue weighted by atomic mass is 32.2. The lowest BCUT2D eigenvalue weighted by Crippen LogP contribution is -2.35. The second kappa shape index (κ2) is 3.94. The first-order valence-corrected chi connectivity index (χ1v) is 5.93. The number of aromatic nitrogens is 1. The van der Waals surface area contributed by atoms with Crippen molar-refractivity contribution in [2.24, 2.45) is 0 Å². The minimum absolute atomic E-state index is 0.155. The van der Waals surface area contributed by atoms with E-state index in [0.29, 0.717) is 5.56 Å². The predicted molar refractivity (Wildman–Crippen MR) is 62.1 cm³/mol. The Morgan fingerprint density at radius 1 is 1.67 bits per heavy atom. The number of nitrogens with zero attached hydrogens (tertiary/aromatic N) is 2. The van der Waals surface area contributed by atoms with Crippen LogP contribution >= 0.6 is 11.8 Å². The predicted octanol–water partition coefficient (Wildman–Crippen LogP) is 1.75. The molecule has 0 N–H and O–H groups in total. The summed E-state index contributed by atoms with van der Waals surface area (Å²) < 4.78 is 0. The van der Waals surface area contributed by atoms with Gasteiger partial charge in [-0.05, 0) is 26.1 Å². The van der Waals surface area contributed by atoms with Crippen LogP contribution in [-0.4, -0.2) is 35.5 Å². The molecule has 2 rings (SSSR count). The van der Waals surface area contributed by atoms with Crippen molar-refractivity contribution in [1.82, 2.24) is 9.88 Å². The summed E-state index contributed by atoms with van der Waals surface area (Å²) in [6.45, 7) is 3.16. The molecule has 1 atom stereocenters. The number of hydrogen-bond donors (Lipinski definition) is 0. The molecule has 1 aliphatic heterocycles. The third kappa shape index (κ3) is 1.68. The Morgan fingerprint density at radius 2 is 2.47 bits per heavy atom. The van der Waals surface area contributed by atoms with Crippen molar-refractivity contribution < 1.29 is 4.79 Å². The minimum atomic E-state index is -0.155. The van der Waals surface area contributed by atoms with Crippen molar-refractivity contribution >= 4 is 18.0 Å². The molecule has 1 unspecified atom stereocenters. The number of hydrogen-bond acceptors (Lipinski definition) is 4. The SMILES string of the molecule is CN1CCSC1(C)c1ncccc1C=O. The van der Waals surface area contributed by atoms with Crippen LogP contribution in [-0.2, 0) is 4.87 Å². The molecular weight excluding hydrogens is 208 g/mol. The largest absolute Gasteiger partial charge is 0.298 e. The Balaban J connectivity index is 2.48. The van der Waals surface area contributed by atoms with Gasteiger partial charge in [-0.2, -0.15) is 0 Å². The van der Waals surface area contributed by atoms with Crippen LogP contribution in [0.3, 0.4) is 0 Å². The first-order chi connectivity index (χ1) is 7.18. The van der Waals surface area contributed by atoms with E-state index in [9.17, 15) is 4.79 Å². The summed E-state index contributed by atoms with van der Waals surface area (Å²) in [6, 6.07) is 3.63. The Bertz CT molecular complexity index is 383. The molecule has 1 aliphatic rings. The van der Waals surface area contributed by atoms with Crippen LogP contribution in [0.25, 0.3) is 0 Å². The molecule has 0 bridgehead atoms. The fourth-order valence-corrected chi connectivity index (χ4v) is 3.24. The maximum Gasteiger partial charge on any atom is 0.151 e. The molecule has 1 fully saturated rings. The molecule has 1 saturated heterocycles. The highest BCUT2D eigenvalue weighted by Gasteiger charge is 2.39. The Labute approximate surface area is 93.9 Å². The second-order valence-electron chi connectivity index (χ2n) is 3.81. The van der Waals surface area contributed by atoms with E-state index >= 15 is 0 Å². The Kier molecular flexibility index (Phi) is 2.80. The van der Waals surface area contributed by atoms with Gasteiger partial charge in [0.15, 0.2) is 6.29 Å². The normalized spacial score (nSPS) is 26.8. The molecule has 0 amide bonds. The smallest absolute Gasteiger partial charge is 0.151 e. The van der Waals surface area contributed by atoms with E-state index in [0.717, 1.165) is 24.3 Å². The van der Waals surface area contributed by atoms with Gasteiger partial charge in [0.2, 0.25) is 0 Å². The van der Waals surface area contributed by atoms with Crippen molar-refractivity contribution in [3.8, 4) is 0 Å². The third-order valence-corrected chi connectivity index (χ3v) is 4.40. The molecule has 0 spiro atoms. The van der Waals surface area contributed by atoms with E-state index in [4.69, 9.17) is 0 Å². The fourth-order valence-electron chi connectivity index (χ4n) is 1.85. The Morgan fingerprint density at radius 3 is 3.07 bits per heavy atom. The van der Waals surface area contributed by atoms with E-state index in [1.807, 2.05) is 17.8 Å². The van der Waals surface area contributed by atoms with Crippen LogP contribution in [0.1, 0.15) is 23.0 Å². The molecule has 2 heterocycles. The molecule has 1 aromatic heterocycles. The lowest BCUT2D eigenvalue weighted by molar-refractivity contribution is 0.111. The summed E-state index contributed by atoms with van der Waals surface area (Å²) in [7, 11) is 2.07. The van der Waals surface area contributed by atoms with Crippen LogP contribution < -0.4 is 0 Å². The quantitative estimate of drug-likeness (QED) is 0.714. The van der Waals surface area contributed by atoms with Crippen LogP contribution in [0.2, 0.25) is 0 Å². The van der Waals surface area contributed by atoms with Crippen LogP contribution in [0, 0.1) is 0 Å². The van der Waals surface area contributed by atoms with E-state index < -0.39 is 0 Å². The zero-order chi connectivity index (χ0) is 10.9. The van der Waals surface area contributed by atoms with Gasteiger partial charge in [0.1, 0.15) is 4.87 Å². The van der Waals surface area contributed by atoms with Crippen LogP contribution in [0.4, 0.5) is 0 Å². The van der Waals surface area contributed by atoms with Gasteiger partial charge in [0.05, 0.1) is 5.69 Å². The number of carbonyl (C=O) groups excluding carboxylic acids is 1. The van der Waals surface area contributed by atoms with Crippen molar-refractivity contribution in [3.05, 3.63) is 29.6 Å². The molecule has 0 aromatic carbocycles. The molecule has 0 aliphatic carbocycles.